The second-order valence-corrected chi connectivity index (χ2v) is 5.07. The summed E-state index contributed by atoms with van der Waals surface area (Å²) in [5.74, 6) is 0.165. The topological polar surface area (TPSA) is 71.3 Å². The number of benzene rings is 1. The van der Waals surface area contributed by atoms with E-state index in [4.69, 9.17) is 4.42 Å². The van der Waals surface area contributed by atoms with Crippen LogP contribution in [0, 0.1) is 6.92 Å². The highest BCUT2D eigenvalue weighted by molar-refractivity contribution is 5.99. The lowest BCUT2D eigenvalue weighted by atomic mass is 10.1. The number of aryl methyl sites for hydroxylation is 1. The molecule has 1 saturated heterocycles. The highest BCUT2D eigenvalue weighted by Gasteiger charge is 2.23. The molecule has 1 aromatic heterocycles. The molecule has 1 aliphatic heterocycles. The predicted octanol–water partition coefficient (Wildman–Crippen LogP) is 1.75. The quantitative estimate of drug-likeness (QED) is 0.875. The smallest absolute Gasteiger partial charge is 0.287 e. The number of fused-ring (bicyclic) bond motifs is 1. The molecule has 20 heavy (non-hydrogen) atoms. The molecule has 1 aliphatic rings. The first-order valence-corrected chi connectivity index (χ1v) is 6.71. The van der Waals surface area contributed by atoms with Gasteiger partial charge in [-0.15, -0.1) is 0 Å². The first kappa shape index (κ1) is 12.7. The highest BCUT2D eigenvalue weighted by Crippen LogP contribution is 2.24. The molecule has 1 aromatic carbocycles. The predicted molar refractivity (Wildman–Crippen MR) is 74.4 cm³/mol. The van der Waals surface area contributed by atoms with Gasteiger partial charge in [0, 0.05) is 30.0 Å². The van der Waals surface area contributed by atoms with E-state index in [2.05, 4.69) is 10.6 Å². The zero-order valence-corrected chi connectivity index (χ0v) is 11.2. The van der Waals surface area contributed by atoms with Crippen molar-refractivity contribution >= 4 is 22.8 Å². The molecular weight excluding hydrogens is 256 g/mol. The molecular formula is C15H16N2O3. The van der Waals surface area contributed by atoms with E-state index in [1.54, 1.807) is 0 Å². The first-order valence-electron chi connectivity index (χ1n) is 6.71. The number of carbonyl (C=O) groups excluding carboxylic acids is 2. The summed E-state index contributed by atoms with van der Waals surface area (Å²) < 4.78 is 5.62. The molecule has 104 valence electrons. The van der Waals surface area contributed by atoms with Gasteiger partial charge in [-0.1, -0.05) is 18.2 Å². The van der Waals surface area contributed by atoms with Gasteiger partial charge in [0.1, 0.15) is 5.58 Å². The number of furan rings is 1. The number of para-hydroxylation sites is 1. The number of hydrogen-bond acceptors (Lipinski definition) is 3. The van der Waals surface area contributed by atoms with Crippen molar-refractivity contribution in [2.75, 3.05) is 6.54 Å². The molecule has 0 radical (unpaired) electrons. The minimum Gasteiger partial charge on any atom is -0.451 e. The van der Waals surface area contributed by atoms with Crippen molar-refractivity contribution < 1.29 is 14.0 Å². The van der Waals surface area contributed by atoms with Crippen molar-refractivity contribution in [3.63, 3.8) is 0 Å². The van der Waals surface area contributed by atoms with Gasteiger partial charge >= 0.3 is 0 Å². The molecule has 0 aliphatic carbocycles. The van der Waals surface area contributed by atoms with E-state index >= 15 is 0 Å². The van der Waals surface area contributed by atoms with Crippen LogP contribution in [-0.4, -0.2) is 24.4 Å². The van der Waals surface area contributed by atoms with E-state index < -0.39 is 0 Å². The van der Waals surface area contributed by atoms with Crippen molar-refractivity contribution in [1.29, 1.82) is 0 Å². The van der Waals surface area contributed by atoms with Gasteiger partial charge < -0.3 is 15.1 Å². The van der Waals surface area contributed by atoms with Gasteiger partial charge in [-0.25, -0.2) is 0 Å². The Kier molecular flexibility index (Phi) is 3.18. The fourth-order valence-corrected chi connectivity index (χ4v) is 2.50. The Bertz CT molecular complexity index is 665. The lowest BCUT2D eigenvalue weighted by Crippen LogP contribution is -2.47. The molecule has 2 aromatic rings. The molecule has 5 heteroatoms. The summed E-state index contributed by atoms with van der Waals surface area (Å²) in [6.07, 6.45) is 1.11. The van der Waals surface area contributed by atoms with Crippen LogP contribution < -0.4 is 10.6 Å². The summed E-state index contributed by atoms with van der Waals surface area (Å²) in [6, 6.07) is 7.55. The number of rotatable bonds is 2. The SMILES string of the molecule is Cc1c(C(=O)NC2CCC(=O)NC2)oc2ccccc12. The largest absolute Gasteiger partial charge is 0.451 e. The molecule has 0 spiro atoms. The Balaban J connectivity index is 1.79. The molecule has 2 N–H and O–H groups in total. The van der Waals surface area contributed by atoms with Crippen molar-refractivity contribution in [1.82, 2.24) is 10.6 Å². The fraction of sp³-hybridized carbons (Fsp3) is 0.333. The lowest BCUT2D eigenvalue weighted by molar-refractivity contribution is -0.122. The third-order valence-electron chi connectivity index (χ3n) is 3.65. The number of carbonyl (C=O) groups is 2. The van der Waals surface area contributed by atoms with E-state index in [-0.39, 0.29) is 17.9 Å². The number of nitrogens with one attached hydrogen (secondary N) is 2. The van der Waals surface area contributed by atoms with Crippen molar-refractivity contribution in [3.05, 3.63) is 35.6 Å². The average molecular weight is 272 g/mol. The maximum Gasteiger partial charge on any atom is 0.287 e. The van der Waals surface area contributed by atoms with Gasteiger partial charge in [0.25, 0.3) is 5.91 Å². The Hall–Kier alpha value is -2.30. The van der Waals surface area contributed by atoms with Crippen LogP contribution in [0.25, 0.3) is 11.0 Å². The molecule has 1 unspecified atom stereocenters. The number of amides is 2. The van der Waals surface area contributed by atoms with Gasteiger partial charge in [0.2, 0.25) is 5.91 Å². The zero-order valence-electron chi connectivity index (χ0n) is 11.2. The third-order valence-corrected chi connectivity index (χ3v) is 3.65. The van der Waals surface area contributed by atoms with E-state index in [9.17, 15) is 9.59 Å². The third kappa shape index (κ3) is 2.27. The van der Waals surface area contributed by atoms with Crippen molar-refractivity contribution in [2.24, 2.45) is 0 Å². The summed E-state index contributed by atoms with van der Waals surface area (Å²) in [6.45, 7) is 2.35. The minimum absolute atomic E-state index is 0.0344. The number of hydrogen-bond donors (Lipinski definition) is 2. The summed E-state index contributed by atoms with van der Waals surface area (Å²) >= 11 is 0. The van der Waals surface area contributed by atoms with E-state index in [0.29, 0.717) is 30.7 Å². The monoisotopic (exact) mass is 272 g/mol. The van der Waals surface area contributed by atoms with Gasteiger partial charge in [0.15, 0.2) is 5.76 Å². The molecule has 3 rings (SSSR count). The summed E-state index contributed by atoms with van der Waals surface area (Å²) in [4.78, 5) is 23.4. The van der Waals surface area contributed by atoms with E-state index in [1.807, 2.05) is 31.2 Å². The van der Waals surface area contributed by atoms with Crippen LogP contribution >= 0.6 is 0 Å². The van der Waals surface area contributed by atoms with Crippen LogP contribution in [0.4, 0.5) is 0 Å². The van der Waals surface area contributed by atoms with Crippen LogP contribution in [0.2, 0.25) is 0 Å². The van der Waals surface area contributed by atoms with Crippen molar-refractivity contribution in [2.45, 2.75) is 25.8 Å². The number of piperidine rings is 1. The zero-order chi connectivity index (χ0) is 14.1. The van der Waals surface area contributed by atoms with Gasteiger partial charge in [0.05, 0.1) is 0 Å². The minimum atomic E-state index is -0.222. The van der Waals surface area contributed by atoms with Crippen LogP contribution in [0.15, 0.2) is 28.7 Å². The molecule has 1 fully saturated rings. The lowest BCUT2D eigenvalue weighted by Gasteiger charge is -2.23. The first-order chi connectivity index (χ1) is 9.65. The molecule has 1 atom stereocenters. The maximum atomic E-state index is 12.3. The summed E-state index contributed by atoms with van der Waals surface area (Å²) in [5.41, 5.74) is 1.56. The van der Waals surface area contributed by atoms with Gasteiger partial charge in [-0.3, -0.25) is 9.59 Å². The van der Waals surface area contributed by atoms with Crippen LogP contribution in [-0.2, 0) is 4.79 Å². The molecule has 0 saturated carbocycles. The standard InChI is InChI=1S/C15H16N2O3/c1-9-11-4-2-3-5-12(11)20-14(9)15(19)17-10-6-7-13(18)16-8-10/h2-5,10H,6-8H2,1H3,(H,16,18)(H,17,19). The molecule has 2 amide bonds. The van der Waals surface area contributed by atoms with Crippen LogP contribution in [0.5, 0.6) is 0 Å². The molecule has 5 nitrogen and oxygen atoms in total. The maximum absolute atomic E-state index is 12.3. The fourth-order valence-electron chi connectivity index (χ4n) is 2.50. The van der Waals surface area contributed by atoms with Gasteiger partial charge in [-0.05, 0) is 19.4 Å². The molecule has 2 heterocycles. The van der Waals surface area contributed by atoms with Crippen molar-refractivity contribution in [3.8, 4) is 0 Å². The Morgan fingerprint density at radius 3 is 2.90 bits per heavy atom. The summed E-state index contributed by atoms with van der Waals surface area (Å²) in [7, 11) is 0. The Labute approximate surface area is 116 Å². The second-order valence-electron chi connectivity index (χ2n) is 5.07. The highest BCUT2D eigenvalue weighted by atomic mass is 16.3. The van der Waals surface area contributed by atoms with Crippen LogP contribution in [0.3, 0.4) is 0 Å². The normalized spacial score (nSPS) is 18.9. The van der Waals surface area contributed by atoms with Gasteiger partial charge in [-0.2, -0.15) is 0 Å². The van der Waals surface area contributed by atoms with E-state index in [1.165, 1.54) is 0 Å². The Morgan fingerprint density at radius 2 is 2.20 bits per heavy atom. The van der Waals surface area contributed by atoms with E-state index in [0.717, 1.165) is 10.9 Å². The Morgan fingerprint density at radius 1 is 1.40 bits per heavy atom. The second kappa shape index (κ2) is 5.00. The molecule has 0 bridgehead atoms. The van der Waals surface area contributed by atoms with Crippen LogP contribution in [0.1, 0.15) is 29.0 Å². The summed E-state index contributed by atoms with van der Waals surface area (Å²) in [5, 5.41) is 6.61. The average Bonchev–Trinajstić information content (AvgIpc) is 2.79.